The van der Waals surface area contributed by atoms with E-state index in [1.165, 1.54) is 19.1 Å². The normalized spacial score (nSPS) is 28.3. The topological polar surface area (TPSA) is 163 Å². The van der Waals surface area contributed by atoms with Crippen molar-refractivity contribution >= 4 is 37.9 Å². The second kappa shape index (κ2) is 15.4. The average molecular weight is 739 g/mol. The molecule has 2 aliphatic carbocycles. The molecular formula is C40H54O11Si. The number of methoxy groups -OCH3 is 1. The molecule has 2 bridgehead atoms. The number of carbonyl (C=O) groups excluding carboxylic acids is 5. The lowest BCUT2D eigenvalue weighted by Gasteiger charge is -2.60. The number of aliphatic hydroxyl groups excluding tert-OH is 1. The van der Waals surface area contributed by atoms with Crippen LogP contribution in [0.5, 0.6) is 5.75 Å². The number of Topliss-reactive ketones (excluding diaryl/α,β-unsaturated/α-hetero) is 3. The molecule has 0 amide bonds. The number of benzene rings is 2. The summed E-state index contributed by atoms with van der Waals surface area (Å²) in [6, 6.07) is 15.1. The van der Waals surface area contributed by atoms with E-state index < -0.39 is 89.9 Å². The van der Waals surface area contributed by atoms with Crippen LogP contribution in [0.1, 0.15) is 76.7 Å². The zero-order valence-corrected chi connectivity index (χ0v) is 32.8. The standard InChI is InChI=1S/C40H54O11Si/c1-37(2,3)52(8,9)51-31(21-22-41)39(6)32(29(42)24-50-36(46)26-13-11-10-12-14-26)34(44)40(47)30(43)20-19-28(38(40,4)5)33(35(39)45)49-23-25-15-17-27(48-7)18-16-25/h10-18,22,28,31-34,44,47H,19-21,23-24H2,1-9H3/t28-,31+,32+,33-,34+,39-,40-/m1/s1. The van der Waals surface area contributed by atoms with Gasteiger partial charge in [-0.1, -0.05) is 65.0 Å². The third kappa shape index (κ3) is 7.45. The number of hydrogen-bond acceptors (Lipinski definition) is 11. The molecule has 0 aliphatic heterocycles. The third-order valence-electron chi connectivity index (χ3n) is 12.1. The number of hydrogen-bond donors (Lipinski definition) is 2. The van der Waals surface area contributed by atoms with E-state index in [9.17, 15) is 29.4 Å². The van der Waals surface area contributed by atoms with Gasteiger partial charge in [-0.2, -0.15) is 0 Å². The lowest BCUT2D eigenvalue weighted by Crippen LogP contribution is -2.74. The van der Waals surface area contributed by atoms with Gasteiger partial charge in [-0.15, -0.1) is 0 Å². The molecule has 2 saturated carbocycles. The lowest BCUT2D eigenvalue weighted by atomic mass is 9.47. The molecule has 2 aliphatic rings. The first-order valence-electron chi connectivity index (χ1n) is 17.8. The molecule has 12 heteroatoms. The summed E-state index contributed by atoms with van der Waals surface area (Å²) in [5.74, 6) is -5.09. The molecule has 0 spiro atoms. The second-order valence-electron chi connectivity index (χ2n) is 16.4. The number of aliphatic hydroxyl groups is 2. The predicted octanol–water partition coefficient (Wildman–Crippen LogP) is 5.29. The van der Waals surface area contributed by atoms with Crippen LogP contribution >= 0.6 is 0 Å². The highest BCUT2D eigenvalue weighted by Crippen LogP contribution is 2.57. The van der Waals surface area contributed by atoms with Gasteiger partial charge in [-0.05, 0) is 61.3 Å². The van der Waals surface area contributed by atoms with Crippen LogP contribution in [-0.4, -0.2) is 85.8 Å². The molecule has 0 unspecified atom stereocenters. The van der Waals surface area contributed by atoms with Gasteiger partial charge in [0.15, 0.2) is 37.9 Å². The first-order chi connectivity index (χ1) is 24.2. The highest BCUT2D eigenvalue weighted by Gasteiger charge is 2.71. The average Bonchev–Trinajstić information content (AvgIpc) is 3.09. The molecule has 2 aromatic rings. The number of ether oxygens (including phenoxy) is 3. The smallest absolute Gasteiger partial charge is 0.338 e. The van der Waals surface area contributed by atoms with Crippen molar-refractivity contribution in [2.24, 2.45) is 22.7 Å². The first kappa shape index (κ1) is 41.2. The highest BCUT2D eigenvalue weighted by atomic mass is 28.4. The SMILES string of the molecule is COc1ccc(CO[C@H]2C(=O)[C@](C)([C@H](CC=O)O[Si](C)(C)C(C)(C)C)[C@@H](C(=O)COC(=O)c3ccccc3)[C@H](O)[C@]3(O)C(=O)CC[C@H]2C3(C)C)cc1. The third-order valence-corrected chi connectivity index (χ3v) is 16.6. The van der Waals surface area contributed by atoms with Gasteiger partial charge in [-0.25, -0.2) is 4.79 Å². The van der Waals surface area contributed by atoms with E-state index in [-0.39, 0.29) is 31.4 Å². The Kier molecular flexibility index (Phi) is 12.2. The summed E-state index contributed by atoms with van der Waals surface area (Å²) < 4.78 is 24.0. The van der Waals surface area contributed by atoms with E-state index in [1.807, 2.05) is 33.9 Å². The second-order valence-corrected chi connectivity index (χ2v) is 21.1. The van der Waals surface area contributed by atoms with E-state index in [1.54, 1.807) is 63.4 Å². The fourth-order valence-electron chi connectivity index (χ4n) is 7.66. The fraction of sp³-hybridized carbons (Fsp3) is 0.575. The van der Waals surface area contributed by atoms with Crippen molar-refractivity contribution in [3.05, 3.63) is 65.7 Å². The Labute approximate surface area is 307 Å². The van der Waals surface area contributed by atoms with Gasteiger partial charge in [0.25, 0.3) is 0 Å². The maximum absolute atomic E-state index is 15.5. The number of esters is 1. The van der Waals surface area contributed by atoms with Crippen LogP contribution in [0.25, 0.3) is 0 Å². The fourth-order valence-corrected chi connectivity index (χ4v) is 9.06. The zero-order valence-electron chi connectivity index (χ0n) is 31.8. The maximum atomic E-state index is 15.5. The van der Waals surface area contributed by atoms with E-state index in [0.29, 0.717) is 17.6 Å². The summed E-state index contributed by atoms with van der Waals surface area (Å²) in [6.07, 6.45) is -4.53. The summed E-state index contributed by atoms with van der Waals surface area (Å²) in [6.45, 7) is 13.5. The van der Waals surface area contributed by atoms with Crippen LogP contribution in [-0.2, 0) is 39.7 Å². The quantitative estimate of drug-likeness (QED) is 0.156. The monoisotopic (exact) mass is 738 g/mol. The Hall–Kier alpha value is -3.55. The van der Waals surface area contributed by atoms with E-state index in [4.69, 9.17) is 18.6 Å². The van der Waals surface area contributed by atoms with Crippen molar-refractivity contribution in [3.63, 3.8) is 0 Å². The van der Waals surface area contributed by atoms with Crippen LogP contribution in [0.4, 0.5) is 0 Å². The summed E-state index contributed by atoms with van der Waals surface area (Å²) >= 11 is 0. The number of ketones is 3. The Morgan fingerprint density at radius 3 is 2.19 bits per heavy atom. The molecule has 4 rings (SSSR count). The Morgan fingerprint density at radius 2 is 1.63 bits per heavy atom. The lowest BCUT2D eigenvalue weighted by molar-refractivity contribution is -0.236. The molecule has 7 atom stereocenters. The van der Waals surface area contributed by atoms with E-state index >= 15 is 4.79 Å². The summed E-state index contributed by atoms with van der Waals surface area (Å²) in [4.78, 5) is 69.5. The largest absolute Gasteiger partial charge is 0.497 e. The number of aldehydes is 1. The number of rotatable bonds is 13. The Bertz CT molecular complexity index is 1630. The highest BCUT2D eigenvalue weighted by molar-refractivity contribution is 6.74. The molecule has 2 fully saturated rings. The molecule has 52 heavy (non-hydrogen) atoms. The van der Waals surface area contributed by atoms with Gasteiger partial charge in [0.2, 0.25) is 0 Å². The van der Waals surface area contributed by atoms with Crippen LogP contribution in [0.3, 0.4) is 0 Å². The summed E-state index contributed by atoms with van der Waals surface area (Å²) in [5.41, 5.74) is -5.20. The first-order valence-corrected chi connectivity index (χ1v) is 20.7. The van der Waals surface area contributed by atoms with Crippen LogP contribution < -0.4 is 4.74 Å². The maximum Gasteiger partial charge on any atom is 0.338 e. The molecule has 11 nitrogen and oxygen atoms in total. The molecule has 0 radical (unpaired) electrons. The minimum absolute atomic E-state index is 0.0489. The Balaban J connectivity index is 1.93. The van der Waals surface area contributed by atoms with Crippen molar-refractivity contribution in [3.8, 4) is 5.75 Å². The zero-order chi connectivity index (χ0) is 38.9. The van der Waals surface area contributed by atoms with E-state index in [0.717, 1.165) is 0 Å². The van der Waals surface area contributed by atoms with Crippen molar-refractivity contribution in [1.82, 2.24) is 0 Å². The minimum atomic E-state index is -2.82. The molecule has 2 N–H and O–H groups in total. The molecule has 0 aromatic heterocycles. The van der Waals surface area contributed by atoms with Crippen molar-refractivity contribution in [2.75, 3.05) is 13.7 Å². The van der Waals surface area contributed by atoms with E-state index in [2.05, 4.69) is 0 Å². The van der Waals surface area contributed by atoms with Gasteiger partial charge in [0.1, 0.15) is 24.2 Å². The predicted molar refractivity (Wildman–Crippen MR) is 195 cm³/mol. The number of fused-ring (bicyclic) bond motifs is 2. The number of carbonyl (C=O) groups is 5. The van der Waals surface area contributed by atoms with Crippen molar-refractivity contribution in [1.29, 1.82) is 0 Å². The molecular weight excluding hydrogens is 685 g/mol. The van der Waals surface area contributed by atoms with Crippen LogP contribution in [0, 0.1) is 22.7 Å². The molecule has 284 valence electrons. The Morgan fingerprint density at radius 1 is 1.02 bits per heavy atom. The van der Waals surface area contributed by atoms with Gasteiger partial charge in [0, 0.05) is 24.2 Å². The van der Waals surface area contributed by atoms with Crippen LogP contribution in [0.2, 0.25) is 18.1 Å². The molecule has 2 aromatic carbocycles. The van der Waals surface area contributed by atoms with Gasteiger partial charge < -0.3 is 33.6 Å². The van der Waals surface area contributed by atoms with Gasteiger partial charge in [0.05, 0.1) is 36.7 Å². The summed E-state index contributed by atoms with van der Waals surface area (Å²) in [5, 5.41) is 24.6. The molecule has 0 saturated heterocycles. The van der Waals surface area contributed by atoms with Crippen molar-refractivity contribution < 1.29 is 52.8 Å². The van der Waals surface area contributed by atoms with Crippen molar-refractivity contribution in [2.45, 2.75) is 109 Å². The van der Waals surface area contributed by atoms with Crippen LogP contribution in [0.15, 0.2) is 54.6 Å². The molecule has 0 heterocycles. The minimum Gasteiger partial charge on any atom is -0.497 e. The summed E-state index contributed by atoms with van der Waals surface area (Å²) in [7, 11) is -1.28. The van der Waals surface area contributed by atoms with Gasteiger partial charge >= 0.3 is 5.97 Å². The van der Waals surface area contributed by atoms with Gasteiger partial charge in [-0.3, -0.25) is 14.4 Å².